The lowest BCUT2D eigenvalue weighted by molar-refractivity contribution is 0.315. The summed E-state index contributed by atoms with van der Waals surface area (Å²) in [6, 6.07) is 17.2. The summed E-state index contributed by atoms with van der Waals surface area (Å²) in [5, 5.41) is 0. The van der Waals surface area contributed by atoms with Crippen LogP contribution in [0.15, 0.2) is 58.3 Å². The summed E-state index contributed by atoms with van der Waals surface area (Å²) in [5.41, 5.74) is 2.57. The van der Waals surface area contributed by atoms with E-state index in [4.69, 9.17) is 23.2 Å². The highest BCUT2D eigenvalue weighted by atomic mass is 35.5. The third-order valence-electron chi connectivity index (χ3n) is 3.97. The normalized spacial score (nSPS) is 13.1. The third-order valence-corrected chi connectivity index (χ3v) is 5.44. The molecule has 5 heteroatoms. The van der Waals surface area contributed by atoms with E-state index in [1.165, 1.54) is 21.2 Å². The molecule has 0 N–H and O–H groups in total. The Labute approximate surface area is 152 Å². The molecule has 23 heavy (non-hydrogen) atoms. The van der Waals surface area contributed by atoms with E-state index in [-0.39, 0.29) is 0 Å². The van der Waals surface area contributed by atoms with Crippen molar-refractivity contribution in [2.24, 2.45) is 0 Å². The van der Waals surface area contributed by atoms with Crippen LogP contribution in [-0.4, -0.2) is 42.8 Å². The fourth-order valence-corrected chi connectivity index (χ4v) is 4.41. The summed E-state index contributed by atoms with van der Waals surface area (Å²) in [6.45, 7) is 3.63. The maximum Gasteiger partial charge on any atom is 0.0553 e. The van der Waals surface area contributed by atoms with Crippen molar-refractivity contribution in [2.75, 3.05) is 42.8 Å². The number of hydrogen-bond acceptors (Lipinski definition) is 3. The van der Waals surface area contributed by atoms with E-state index in [9.17, 15) is 0 Å². The Kier molecular flexibility index (Phi) is 6.12. The highest BCUT2D eigenvalue weighted by Gasteiger charge is 2.22. The molecule has 0 radical (unpaired) electrons. The van der Waals surface area contributed by atoms with E-state index in [1.807, 2.05) is 11.8 Å². The maximum absolute atomic E-state index is 5.91. The van der Waals surface area contributed by atoms with E-state index in [1.54, 1.807) is 0 Å². The van der Waals surface area contributed by atoms with Gasteiger partial charge in [-0.05, 0) is 24.3 Å². The lowest BCUT2D eigenvalue weighted by atomic mass is 10.2. The van der Waals surface area contributed by atoms with Gasteiger partial charge in [-0.3, -0.25) is 4.90 Å². The number of rotatable bonds is 7. The van der Waals surface area contributed by atoms with Gasteiger partial charge in [-0.1, -0.05) is 36.0 Å². The van der Waals surface area contributed by atoms with Crippen molar-refractivity contribution >= 4 is 46.3 Å². The molecule has 2 aromatic carbocycles. The van der Waals surface area contributed by atoms with Crippen molar-refractivity contribution in [3.05, 3.63) is 48.5 Å². The monoisotopic (exact) mass is 366 g/mol. The number of halogens is 2. The third kappa shape index (κ3) is 3.97. The number of alkyl halides is 2. The molecule has 0 spiro atoms. The molecule has 0 bridgehead atoms. The smallest absolute Gasteiger partial charge is 0.0553 e. The van der Waals surface area contributed by atoms with Crippen molar-refractivity contribution in [1.29, 1.82) is 0 Å². The second-order valence-corrected chi connectivity index (χ2v) is 7.25. The number of hydrogen-bond donors (Lipinski definition) is 0. The molecule has 3 rings (SSSR count). The number of anilines is 2. The van der Waals surface area contributed by atoms with Crippen LogP contribution in [0.2, 0.25) is 0 Å². The number of nitrogens with zero attached hydrogens (tertiary/aromatic N) is 2. The molecule has 1 aliphatic heterocycles. The van der Waals surface area contributed by atoms with Crippen LogP contribution in [0.3, 0.4) is 0 Å². The van der Waals surface area contributed by atoms with Crippen LogP contribution in [0.1, 0.15) is 0 Å². The van der Waals surface area contributed by atoms with Crippen LogP contribution in [0.25, 0.3) is 0 Å². The Balaban J connectivity index is 1.83. The predicted molar refractivity (Wildman–Crippen MR) is 102 cm³/mol. The first-order valence-electron chi connectivity index (χ1n) is 7.81. The van der Waals surface area contributed by atoms with Crippen LogP contribution < -0.4 is 4.90 Å². The molecule has 0 aliphatic carbocycles. The van der Waals surface area contributed by atoms with Crippen LogP contribution >= 0.6 is 35.0 Å². The predicted octanol–water partition coefficient (Wildman–Crippen LogP) is 5.07. The van der Waals surface area contributed by atoms with Gasteiger partial charge < -0.3 is 4.90 Å². The maximum atomic E-state index is 5.91. The van der Waals surface area contributed by atoms with Crippen molar-refractivity contribution in [2.45, 2.75) is 9.79 Å². The SMILES string of the molecule is ClCCN(CCCl)CCN1c2ccccc2Sc2ccccc21. The standard InChI is InChI=1S/C18H20Cl2N2S/c19-9-11-21(12-10-20)13-14-22-15-5-1-3-7-17(15)23-18-8-4-2-6-16(18)22/h1-8H,9-14H2. The highest BCUT2D eigenvalue weighted by Crippen LogP contribution is 2.47. The fourth-order valence-electron chi connectivity index (χ4n) is 2.84. The number of benzene rings is 2. The summed E-state index contributed by atoms with van der Waals surface area (Å²) in [7, 11) is 0. The molecule has 2 aromatic rings. The highest BCUT2D eigenvalue weighted by molar-refractivity contribution is 7.99. The first-order valence-corrected chi connectivity index (χ1v) is 9.70. The van der Waals surface area contributed by atoms with Crippen molar-refractivity contribution < 1.29 is 0 Å². The number of para-hydroxylation sites is 2. The van der Waals surface area contributed by atoms with Gasteiger partial charge in [0.05, 0.1) is 11.4 Å². The van der Waals surface area contributed by atoms with Gasteiger partial charge in [-0.2, -0.15) is 0 Å². The van der Waals surface area contributed by atoms with Crippen LogP contribution in [-0.2, 0) is 0 Å². The molecular formula is C18H20Cl2N2S. The van der Waals surface area contributed by atoms with E-state index < -0.39 is 0 Å². The average Bonchev–Trinajstić information content (AvgIpc) is 2.59. The Hall–Kier alpha value is -0.870. The van der Waals surface area contributed by atoms with Gasteiger partial charge in [0.2, 0.25) is 0 Å². The van der Waals surface area contributed by atoms with Gasteiger partial charge in [0.1, 0.15) is 0 Å². The van der Waals surface area contributed by atoms with Gasteiger partial charge in [-0.15, -0.1) is 23.2 Å². The molecule has 0 atom stereocenters. The molecule has 0 amide bonds. The van der Waals surface area contributed by atoms with Crippen molar-refractivity contribution in [3.63, 3.8) is 0 Å². The molecule has 0 aromatic heterocycles. The largest absolute Gasteiger partial charge is 0.338 e. The van der Waals surface area contributed by atoms with Gasteiger partial charge >= 0.3 is 0 Å². The summed E-state index contributed by atoms with van der Waals surface area (Å²) < 4.78 is 0. The first kappa shape index (κ1) is 17.0. The Morgan fingerprint density at radius 2 is 1.30 bits per heavy atom. The van der Waals surface area contributed by atoms with Gasteiger partial charge in [0.25, 0.3) is 0 Å². The Morgan fingerprint density at radius 3 is 1.83 bits per heavy atom. The van der Waals surface area contributed by atoms with E-state index in [0.29, 0.717) is 11.8 Å². The lowest BCUT2D eigenvalue weighted by Crippen LogP contribution is -2.36. The number of fused-ring (bicyclic) bond motifs is 2. The topological polar surface area (TPSA) is 6.48 Å². The zero-order valence-corrected chi connectivity index (χ0v) is 15.2. The second kappa shape index (κ2) is 8.29. The van der Waals surface area contributed by atoms with E-state index in [0.717, 1.165) is 26.2 Å². The molecule has 1 heterocycles. The van der Waals surface area contributed by atoms with Gasteiger partial charge in [0, 0.05) is 47.7 Å². The molecule has 2 nitrogen and oxygen atoms in total. The molecule has 1 aliphatic rings. The van der Waals surface area contributed by atoms with E-state index >= 15 is 0 Å². The molecule has 0 saturated heterocycles. The lowest BCUT2D eigenvalue weighted by Gasteiger charge is -2.34. The zero-order valence-electron chi connectivity index (χ0n) is 12.9. The Bertz CT molecular complexity index is 599. The minimum atomic E-state index is 0.639. The Morgan fingerprint density at radius 1 is 0.783 bits per heavy atom. The molecule has 0 fully saturated rings. The van der Waals surface area contributed by atoms with Crippen molar-refractivity contribution in [3.8, 4) is 0 Å². The van der Waals surface area contributed by atoms with Crippen molar-refractivity contribution in [1.82, 2.24) is 4.90 Å². The minimum Gasteiger partial charge on any atom is -0.338 e. The summed E-state index contributed by atoms with van der Waals surface area (Å²) in [6.07, 6.45) is 0. The van der Waals surface area contributed by atoms with Gasteiger partial charge in [-0.25, -0.2) is 0 Å². The molecule has 122 valence electrons. The quantitative estimate of drug-likeness (QED) is 0.631. The first-order chi connectivity index (χ1) is 11.3. The summed E-state index contributed by atoms with van der Waals surface area (Å²) in [5.74, 6) is 1.28. The van der Waals surface area contributed by atoms with Gasteiger partial charge in [0.15, 0.2) is 0 Å². The summed E-state index contributed by atoms with van der Waals surface area (Å²) in [4.78, 5) is 7.36. The zero-order chi connectivity index (χ0) is 16.1. The fraction of sp³-hybridized carbons (Fsp3) is 0.333. The molecule has 0 saturated carbocycles. The second-order valence-electron chi connectivity index (χ2n) is 5.41. The molecular weight excluding hydrogens is 347 g/mol. The van der Waals surface area contributed by atoms with E-state index in [2.05, 4.69) is 58.3 Å². The van der Waals surface area contributed by atoms with Crippen LogP contribution in [0.5, 0.6) is 0 Å². The van der Waals surface area contributed by atoms with Crippen LogP contribution in [0, 0.1) is 0 Å². The summed E-state index contributed by atoms with van der Waals surface area (Å²) >= 11 is 13.7. The average molecular weight is 367 g/mol. The molecule has 0 unspecified atom stereocenters. The minimum absolute atomic E-state index is 0.639. The van der Waals surface area contributed by atoms with Crippen LogP contribution in [0.4, 0.5) is 11.4 Å².